The van der Waals surface area contributed by atoms with Gasteiger partial charge in [0.2, 0.25) is 0 Å². The Morgan fingerprint density at radius 2 is 2.12 bits per heavy atom. The molecule has 1 fully saturated rings. The number of hydrogen-bond donors (Lipinski definition) is 2. The number of likely N-dealkylation sites (tertiary alicyclic amines) is 1. The molecule has 0 aromatic carbocycles. The molecule has 0 amide bonds. The van der Waals surface area contributed by atoms with E-state index in [-0.39, 0.29) is 12.6 Å². The van der Waals surface area contributed by atoms with Crippen LogP contribution in [0, 0.1) is 11.3 Å². The van der Waals surface area contributed by atoms with Gasteiger partial charge in [0.25, 0.3) is 0 Å². The van der Waals surface area contributed by atoms with Gasteiger partial charge >= 0.3 is 0 Å². The zero-order valence-electron chi connectivity index (χ0n) is 11.3. The Labute approximate surface area is 100 Å². The third-order valence-corrected chi connectivity index (χ3v) is 3.92. The van der Waals surface area contributed by atoms with Crippen molar-refractivity contribution < 1.29 is 5.11 Å². The first kappa shape index (κ1) is 13.9. The van der Waals surface area contributed by atoms with Crippen molar-refractivity contribution in [3.05, 3.63) is 0 Å². The lowest BCUT2D eigenvalue weighted by atomic mass is 9.80. The second-order valence-electron chi connectivity index (χ2n) is 6.11. The van der Waals surface area contributed by atoms with E-state index in [0.717, 1.165) is 18.9 Å². The molecule has 1 aliphatic rings. The highest BCUT2D eigenvalue weighted by atomic mass is 16.3. The van der Waals surface area contributed by atoms with Crippen LogP contribution in [0.3, 0.4) is 0 Å². The molecule has 1 saturated heterocycles. The zero-order chi connectivity index (χ0) is 12.2. The van der Waals surface area contributed by atoms with Gasteiger partial charge in [0.1, 0.15) is 0 Å². The van der Waals surface area contributed by atoms with E-state index in [2.05, 4.69) is 31.0 Å². The van der Waals surface area contributed by atoms with Crippen LogP contribution in [-0.4, -0.2) is 49.3 Å². The van der Waals surface area contributed by atoms with Crippen molar-refractivity contribution in [3.8, 4) is 0 Å². The van der Waals surface area contributed by atoms with Crippen LogP contribution in [0.25, 0.3) is 0 Å². The molecule has 0 aliphatic carbocycles. The van der Waals surface area contributed by atoms with Crippen LogP contribution in [0.1, 0.15) is 33.6 Å². The maximum Gasteiger partial charge on any atom is 0.0585 e. The van der Waals surface area contributed by atoms with E-state index in [1.54, 1.807) is 0 Å². The standard InChI is InChI=1S/C13H28N2O/c1-13(2,3)11-5-7-15(9-11)8-6-12(10-16)14-4/h11-12,14,16H,5-10H2,1-4H3. The van der Waals surface area contributed by atoms with Crippen LogP contribution in [0.5, 0.6) is 0 Å². The van der Waals surface area contributed by atoms with E-state index in [4.69, 9.17) is 5.11 Å². The molecule has 1 rings (SSSR count). The summed E-state index contributed by atoms with van der Waals surface area (Å²) < 4.78 is 0. The van der Waals surface area contributed by atoms with Crippen molar-refractivity contribution >= 4 is 0 Å². The minimum absolute atomic E-state index is 0.243. The summed E-state index contributed by atoms with van der Waals surface area (Å²) >= 11 is 0. The van der Waals surface area contributed by atoms with Gasteiger partial charge in [-0.05, 0) is 44.3 Å². The molecule has 0 aromatic rings. The summed E-state index contributed by atoms with van der Waals surface area (Å²) in [6, 6.07) is 0.258. The van der Waals surface area contributed by atoms with Crippen molar-refractivity contribution in [2.75, 3.05) is 33.3 Å². The molecule has 2 N–H and O–H groups in total. The topological polar surface area (TPSA) is 35.5 Å². The molecule has 3 nitrogen and oxygen atoms in total. The molecular formula is C13H28N2O. The third kappa shape index (κ3) is 4.04. The number of hydrogen-bond acceptors (Lipinski definition) is 3. The summed E-state index contributed by atoms with van der Waals surface area (Å²) in [4.78, 5) is 2.54. The Kier molecular flexibility index (Phi) is 5.22. The largest absolute Gasteiger partial charge is 0.395 e. The van der Waals surface area contributed by atoms with Crippen LogP contribution in [0.15, 0.2) is 0 Å². The normalized spacial score (nSPS) is 24.9. The molecule has 0 spiro atoms. The molecule has 96 valence electrons. The fraction of sp³-hybridized carbons (Fsp3) is 1.00. The lowest BCUT2D eigenvalue weighted by Gasteiger charge is -2.27. The summed E-state index contributed by atoms with van der Waals surface area (Å²) in [5, 5.41) is 12.2. The van der Waals surface area contributed by atoms with Crippen LogP contribution < -0.4 is 5.32 Å². The van der Waals surface area contributed by atoms with E-state index in [0.29, 0.717) is 5.41 Å². The molecule has 0 saturated carbocycles. The van der Waals surface area contributed by atoms with Gasteiger partial charge in [0.05, 0.1) is 6.61 Å². The monoisotopic (exact) mass is 228 g/mol. The second-order valence-corrected chi connectivity index (χ2v) is 6.11. The van der Waals surface area contributed by atoms with Gasteiger partial charge in [-0.15, -0.1) is 0 Å². The van der Waals surface area contributed by atoms with Crippen molar-refractivity contribution in [3.63, 3.8) is 0 Å². The first-order valence-corrected chi connectivity index (χ1v) is 6.48. The van der Waals surface area contributed by atoms with E-state index in [1.807, 2.05) is 7.05 Å². The Morgan fingerprint density at radius 1 is 1.44 bits per heavy atom. The molecule has 3 heteroatoms. The number of aliphatic hydroxyl groups excluding tert-OH is 1. The van der Waals surface area contributed by atoms with E-state index in [1.165, 1.54) is 19.5 Å². The van der Waals surface area contributed by atoms with E-state index in [9.17, 15) is 0 Å². The van der Waals surface area contributed by atoms with E-state index >= 15 is 0 Å². The van der Waals surface area contributed by atoms with Gasteiger partial charge in [-0.1, -0.05) is 20.8 Å². The highest BCUT2D eigenvalue weighted by molar-refractivity contribution is 4.84. The highest BCUT2D eigenvalue weighted by Gasteiger charge is 2.31. The lowest BCUT2D eigenvalue weighted by Crippen LogP contribution is -2.34. The van der Waals surface area contributed by atoms with Crippen LogP contribution in [0.4, 0.5) is 0 Å². The average Bonchev–Trinajstić information content (AvgIpc) is 2.67. The molecule has 2 atom stereocenters. The SMILES string of the molecule is CNC(CO)CCN1CCC(C(C)(C)C)C1. The molecular weight excluding hydrogens is 200 g/mol. The van der Waals surface area contributed by atoms with E-state index < -0.39 is 0 Å². The lowest BCUT2D eigenvalue weighted by molar-refractivity contribution is 0.205. The van der Waals surface area contributed by atoms with Gasteiger partial charge in [-0.25, -0.2) is 0 Å². The number of likely N-dealkylation sites (N-methyl/N-ethyl adjacent to an activating group) is 1. The highest BCUT2D eigenvalue weighted by Crippen LogP contribution is 2.33. The fourth-order valence-electron chi connectivity index (χ4n) is 2.41. The number of nitrogens with one attached hydrogen (secondary N) is 1. The summed E-state index contributed by atoms with van der Waals surface area (Å²) in [5.41, 5.74) is 0.439. The molecule has 1 heterocycles. The minimum atomic E-state index is 0.243. The zero-order valence-corrected chi connectivity index (χ0v) is 11.3. The Morgan fingerprint density at radius 3 is 2.56 bits per heavy atom. The van der Waals surface area contributed by atoms with Crippen molar-refractivity contribution in [1.82, 2.24) is 10.2 Å². The van der Waals surface area contributed by atoms with Crippen molar-refractivity contribution in [1.29, 1.82) is 0 Å². The molecule has 16 heavy (non-hydrogen) atoms. The second kappa shape index (κ2) is 5.99. The number of rotatable bonds is 5. The van der Waals surface area contributed by atoms with Gasteiger partial charge in [-0.3, -0.25) is 0 Å². The van der Waals surface area contributed by atoms with Gasteiger partial charge in [-0.2, -0.15) is 0 Å². The first-order chi connectivity index (χ1) is 7.47. The predicted molar refractivity (Wildman–Crippen MR) is 68.6 cm³/mol. The number of nitrogens with zero attached hydrogens (tertiary/aromatic N) is 1. The smallest absolute Gasteiger partial charge is 0.0585 e. The summed E-state index contributed by atoms with van der Waals surface area (Å²) in [6.45, 7) is 10.8. The maximum atomic E-state index is 9.10. The molecule has 1 aliphatic heterocycles. The quantitative estimate of drug-likeness (QED) is 0.745. The Hall–Kier alpha value is -0.120. The summed E-state index contributed by atoms with van der Waals surface area (Å²) in [5.74, 6) is 0.828. The summed E-state index contributed by atoms with van der Waals surface area (Å²) in [7, 11) is 1.92. The maximum absolute atomic E-state index is 9.10. The molecule has 0 radical (unpaired) electrons. The third-order valence-electron chi connectivity index (χ3n) is 3.92. The van der Waals surface area contributed by atoms with Gasteiger partial charge in [0, 0.05) is 12.6 Å². The van der Waals surface area contributed by atoms with Crippen LogP contribution >= 0.6 is 0 Å². The molecule has 2 unspecified atom stereocenters. The van der Waals surface area contributed by atoms with Crippen LogP contribution in [-0.2, 0) is 0 Å². The van der Waals surface area contributed by atoms with Gasteiger partial charge in [0.15, 0.2) is 0 Å². The van der Waals surface area contributed by atoms with Gasteiger partial charge < -0.3 is 15.3 Å². The Bertz CT molecular complexity index is 197. The average molecular weight is 228 g/mol. The Balaban J connectivity index is 2.26. The number of aliphatic hydroxyl groups is 1. The van der Waals surface area contributed by atoms with Crippen LogP contribution in [0.2, 0.25) is 0 Å². The predicted octanol–water partition coefficient (Wildman–Crippen LogP) is 1.32. The molecule has 0 bridgehead atoms. The van der Waals surface area contributed by atoms with Crippen molar-refractivity contribution in [2.45, 2.75) is 39.7 Å². The first-order valence-electron chi connectivity index (χ1n) is 6.48. The molecule has 0 aromatic heterocycles. The fourth-order valence-corrected chi connectivity index (χ4v) is 2.41. The van der Waals surface area contributed by atoms with Crippen molar-refractivity contribution in [2.24, 2.45) is 11.3 Å². The summed E-state index contributed by atoms with van der Waals surface area (Å²) in [6.07, 6.45) is 2.37. The minimum Gasteiger partial charge on any atom is -0.395 e.